The number of hydrogen-bond acceptors (Lipinski definition) is 8. The lowest BCUT2D eigenvalue weighted by molar-refractivity contribution is 0.0591. The average Bonchev–Trinajstić information content (AvgIpc) is 3.69. The second-order valence-corrected chi connectivity index (χ2v) is 11.9. The van der Waals surface area contributed by atoms with Crippen LogP contribution in [0.1, 0.15) is 5.56 Å². The van der Waals surface area contributed by atoms with Crippen LogP contribution < -0.4 is 5.32 Å². The first kappa shape index (κ1) is 30.0. The minimum atomic E-state index is -0.476. The van der Waals surface area contributed by atoms with Crippen molar-refractivity contribution >= 4 is 33.3 Å². The molecule has 3 N–H and O–H groups in total. The maximum Gasteiger partial charge on any atom is 0.141 e. The van der Waals surface area contributed by atoms with E-state index in [2.05, 4.69) is 54.6 Å². The normalized spacial score (nSPS) is 15.1. The molecule has 46 heavy (non-hydrogen) atoms. The lowest BCUT2D eigenvalue weighted by Crippen LogP contribution is -2.49. The Balaban J connectivity index is 1.04. The van der Waals surface area contributed by atoms with E-state index in [1.165, 1.54) is 12.1 Å². The van der Waals surface area contributed by atoms with Gasteiger partial charge in [-0.05, 0) is 65.2 Å². The van der Waals surface area contributed by atoms with Gasteiger partial charge in [0.25, 0.3) is 0 Å². The van der Waals surface area contributed by atoms with E-state index in [1.54, 1.807) is 12.4 Å². The summed E-state index contributed by atoms with van der Waals surface area (Å²) in [4.78, 5) is 13.6. The largest absolute Gasteiger partial charge is 0.395 e. The number of piperazine rings is 1. The monoisotopic (exact) mass is 620 g/mol. The van der Waals surface area contributed by atoms with E-state index >= 15 is 0 Å². The minimum Gasteiger partial charge on any atom is -0.395 e. The van der Waals surface area contributed by atoms with Gasteiger partial charge in [0.2, 0.25) is 0 Å². The van der Waals surface area contributed by atoms with Crippen LogP contribution in [0.2, 0.25) is 0 Å². The molecule has 7 rings (SSSR count). The van der Waals surface area contributed by atoms with Gasteiger partial charge in [0.1, 0.15) is 18.0 Å². The number of anilines is 2. The molecule has 1 atom stereocenters. The van der Waals surface area contributed by atoms with Crippen molar-refractivity contribution in [3.05, 3.63) is 103 Å². The van der Waals surface area contributed by atoms with Gasteiger partial charge in [-0.3, -0.25) is 14.5 Å². The summed E-state index contributed by atoms with van der Waals surface area (Å²) in [5, 5.41) is 29.8. The smallest absolute Gasteiger partial charge is 0.141 e. The van der Waals surface area contributed by atoms with Gasteiger partial charge in [0, 0.05) is 74.7 Å². The molecular weight excluding hydrogens is 583 g/mol. The zero-order valence-electron chi connectivity index (χ0n) is 25.5. The molecule has 0 aliphatic carbocycles. The van der Waals surface area contributed by atoms with Gasteiger partial charge < -0.3 is 20.1 Å². The number of nitrogens with one attached hydrogen (secondary N) is 1. The van der Waals surface area contributed by atoms with E-state index in [1.807, 2.05) is 52.0 Å². The molecule has 0 radical (unpaired) electrons. The van der Waals surface area contributed by atoms with E-state index in [9.17, 15) is 9.50 Å². The summed E-state index contributed by atoms with van der Waals surface area (Å²) >= 11 is 0. The van der Waals surface area contributed by atoms with E-state index in [-0.39, 0.29) is 12.4 Å². The molecule has 3 aromatic heterocycles. The molecule has 10 nitrogen and oxygen atoms in total. The third-order valence-electron chi connectivity index (χ3n) is 8.62. The number of aliphatic hydroxyl groups excluding tert-OH is 2. The molecule has 0 spiro atoms. The number of rotatable bonds is 11. The Bertz CT molecular complexity index is 1950. The zero-order chi connectivity index (χ0) is 31.5. The summed E-state index contributed by atoms with van der Waals surface area (Å²) in [5.41, 5.74) is 5.60. The van der Waals surface area contributed by atoms with E-state index in [4.69, 9.17) is 5.11 Å². The Kier molecular flexibility index (Phi) is 8.71. The predicted octanol–water partition coefficient (Wildman–Crippen LogP) is 4.35. The SMILES string of the molecule is OCCN1CCN(CC(O)Cn2ccc(-c3ccc4ncnc(Nc5ccc6c(cnn6Cc6cccc(F)c6)c5)c4c3)c2)CC1. The fourth-order valence-electron chi connectivity index (χ4n) is 6.23. The number of nitrogens with zero attached hydrogens (tertiary/aromatic N) is 7. The van der Waals surface area contributed by atoms with Crippen LogP contribution in [0, 0.1) is 5.82 Å². The average molecular weight is 621 g/mol. The van der Waals surface area contributed by atoms with Crippen LogP contribution in [0.5, 0.6) is 0 Å². The number of aromatic nitrogens is 5. The van der Waals surface area contributed by atoms with Crippen LogP contribution in [0.25, 0.3) is 32.9 Å². The molecule has 236 valence electrons. The van der Waals surface area contributed by atoms with Crippen molar-refractivity contribution in [2.24, 2.45) is 0 Å². The Morgan fingerprint density at radius 2 is 1.76 bits per heavy atom. The highest BCUT2D eigenvalue weighted by molar-refractivity contribution is 5.94. The summed E-state index contributed by atoms with van der Waals surface area (Å²) in [6.07, 6.45) is 6.97. The standard InChI is InChI=1S/C35H37FN8O2/c36-29-3-1-2-25(16-29)20-44-34-7-5-30(17-28(34)19-39-44)40-35-32-18-26(4-6-33(32)37-24-38-35)27-8-9-43(21-27)23-31(46)22-42-12-10-41(11-13-42)14-15-45/h1-9,16-19,21,24,31,45-46H,10-15,20,22-23H2,(H,37,38,40). The van der Waals surface area contributed by atoms with Gasteiger partial charge in [0.15, 0.2) is 0 Å². The van der Waals surface area contributed by atoms with Crippen LogP contribution in [0.4, 0.5) is 15.9 Å². The lowest BCUT2D eigenvalue weighted by atomic mass is 10.1. The fourth-order valence-corrected chi connectivity index (χ4v) is 6.23. The summed E-state index contributed by atoms with van der Waals surface area (Å²) in [5.74, 6) is 0.445. The Hall–Kier alpha value is -4.68. The van der Waals surface area contributed by atoms with Gasteiger partial charge in [-0.1, -0.05) is 18.2 Å². The van der Waals surface area contributed by atoms with E-state index < -0.39 is 6.10 Å². The molecule has 0 amide bonds. The molecule has 0 bridgehead atoms. The van der Waals surface area contributed by atoms with Crippen molar-refractivity contribution in [1.29, 1.82) is 0 Å². The molecule has 1 aliphatic rings. The number of benzene rings is 3. The van der Waals surface area contributed by atoms with Crippen LogP contribution in [0.3, 0.4) is 0 Å². The summed E-state index contributed by atoms with van der Waals surface area (Å²) < 4.78 is 17.6. The Labute approximate surface area is 266 Å². The number of fused-ring (bicyclic) bond motifs is 2. The summed E-state index contributed by atoms with van der Waals surface area (Å²) in [7, 11) is 0. The molecule has 1 fully saturated rings. The first-order chi connectivity index (χ1) is 22.5. The van der Waals surface area contributed by atoms with Gasteiger partial charge in [0.05, 0.1) is 36.5 Å². The van der Waals surface area contributed by atoms with Crippen LogP contribution >= 0.6 is 0 Å². The van der Waals surface area contributed by atoms with Crippen LogP contribution in [-0.2, 0) is 13.1 Å². The van der Waals surface area contributed by atoms with Gasteiger partial charge in [-0.15, -0.1) is 0 Å². The molecule has 3 aromatic carbocycles. The number of aliphatic hydroxyl groups is 2. The third-order valence-corrected chi connectivity index (χ3v) is 8.62. The first-order valence-corrected chi connectivity index (χ1v) is 15.6. The number of hydrogen-bond donors (Lipinski definition) is 3. The second-order valence-electron chi connectivity index (χ2n) is 11.9. The highest BCUT2D eigenvalue weighted by atomic mass is 19.1. The van der Waals surface area contributed by atoms with Crippen LogP contribution in [-0.4, -0.2) is 96.3 Å². The Morgan fingerprint density at radius 1 is 0.891 bits per heavy atom. The van der Waals surface area contributed by atoms with Gasteiger partial charge in [-0.25, -0.2) is 14.4 Å². The Morgan fingerprint density at radius 3 is 2.61 bits per heavy atom. The molecule has 4 heterocycles. The molecule has 11 heteroatoms. The summed E-state index contributed by atoms with van der Waals surface area (Å²) in [6.45, 7) is 6.16. The molecule has 1 saturated heterocycles. The van der Waals surface area contributed by atoms with E-state index in [0.717, 1.165) is 70.4 Å². The van der Waals surface area contributed by atoms with Crippen molar-refractivity contribution in [3.63, 3.8) is 0 Å². The lowest BCUT2D eigenvalue weighted by Gasteiger charge is -2.35. The fraction of sp³-hybridized carbons (Fsp3) is 0.286. The zero-order valence-corrected chi connectivity index (χ0v) is 25.5. The third kappa shape index (κ3) is 6.77. The second kappa shape index (κ2) is 13.4. The predicted molar refractivity (Wildman–Crippen MR) is 177 cm³/mol. The molecule has 1 unspecified atom stereocenters. The van der Waals surface area contributed by atoms with Gasteiger partial charge >= 0.3 is 0 Å². The minimum absolute atomic E-state index is 0.186. The first-order valence-electron chi connectivity index (χ1n) is 15.6. The molecular formula is C35H37FN8O2. The van der Waals surface area contributed by atoms with Crippen molar-refractivity contribution in [2.75, 3.05) is 51.2 Å². The van der Waals surface area contributed by atoms with Crippen molar-refractivity contribution in [2.45, 2.75) is 19.2 Å². The number of β-amino-alcohol motifs (C(OH)–C–C–N with tert-alkyl or cyclic N) is 2. The maximum atomic E-state index is 13.7. The van der Waals surface area contributed by atoms with Crippen molar-refractivity contribution in [1.82, 2.24) is 34.1 Å². The highest BCUT2D eigenvalue weighted by Gasteiger charge is 2.19. The molecule has 1 aliphatic heterocycles. The number of halogens is 1. The van der Waals surface area contributed by atoms with Crippen molar-refractivity contribution < 1.29 is 14.6 Å². The van der Waals surface area contributed by atoms with E-state index in [0.29, 0.717) is 32.0 Å². The quantitative estimate of drug-likeness (QED) is 0.196. The highest BCUT2D eigenvalue weighted by Crippen LogP contribution is 2.30. The maximum absolute atomic E-state index is 13.7. The molecule has 0 saturated carbocycles. The summed E-state index contributed by atoms with van der Waals surface area (Å²) in [6, 6.07) is 20.8. The van der Waals surface area contributed by atoms with Gasteiger partial charge in [-0.2, -0.15) is 5.10 Å². The molecule has 6 aromatic rings. The topological polar surface area (TPSA) is 108 Å². The van der Waals surface area contributed by atoms with Crippen LogP contribution in [0.15, 0.2) is 91.6 Å². The van der Waals surface area contributed by atoms with Crippen molar-refractivity contribution in [3.8, 4) is 11.1 Å².